The van der Waals surface area contributed by atoms with Crippen molar-refractivity contribution >= 4 is 8.69 Å². The molecule has 4 N–H and O–H groups in total. The molecule has 0 saturated carbocycles. The van der Waals surface area contributed by atoms with E-state index in [4.69, 9.17) is 11.6 Å². The van der Waals surface area contributed by atoms with Crippen LogP contribution in [0.4, 0.5) is 0 Å². The molecule has 6 heteroatoms. The maximum absolute atomic E-state index is 9.64. The van der Waals surface area contributed by atoms with Gasteiger partial charge in [0.1, 0.15) is 6.23 Å². The molecule has 0 bridgehead atoms. The van der Waals surface area contributed by atoms with Crippen molar-refractivity contribution in [2.24, 2.45) is 11.6 Å². The molecule has 0 spiro atoms. The van der Waals surface area contributed by atoms with Crippen molar-refractivity contribution in [1.29, 1.82) is 0 Å². The summed E-state index contributed by atoms with van der Waals surface area (Å²) in [7, 11) is -0.346. The van der Waals surface area contributed by atoms with Crippen molar-refractivity contribution in [2.75, 3.05) is 6.61 Å². The average molecular weight is 152 g/mol. The SMILES string of the molecule is NOC(N)CCOP=O. The highest BCUT2D eigenvalue weighted by Gasteiger charge is 1.98. The molecule has 0 radical (unpaired) electrons. The van der Waals surface area contributed by atoms with E-state index in [1.54, 1.807) is 0 Å². The third kappa shape index (κ3) is 5.82. The Morgan fingerprint density at radius 1 is 1.67 bits per heavy atom. The summed E-state index contributed by atoms with van der Waals surface area (Å²) >= 11 is 0. The normalized spacial score (nSPS) is 14.0. The van der Waals surface area contributed by atoms with Crippen molar-refractivity contribution in [3.05, 3.63) is 0 Å². The summed E-state index contributed by atoms with van der Waals surface area (Å²) in [5.41, 5.74) is 5.18. The lowest BCUT2D eigenvalue weighted by atomic mass is 10.4. The zero-order valence-electron chi connectivity index (χ0n) is 4.82. The molecular weight excluding hydrogens is 143 g/mol. The molecule has 0 saturated heterocycles. The Morgan fingerprint density at radius 2 is 2.33 bits per heavy atom. The Hall–Kier alpha value is -0.0600. The minimum Gasteiger partial charge on any atom is -0.304 e. The van der Waals surface area contributed by atoms with Gasteiger partial charge in [-0.2, -0.15) is 0 Å². The van der Waals surface area contributed by atoms with Crippen molar-refractivity contribution in [2.45, 2.75) is 12.6 Å². The second kappa shape index (κ2) is 6.07. The molecule has 0 fully saturated rings. The topological polar surface area (TPSA) is 87.6 Å². The molecule has 0 aliphatic heterocycles. The first-order valence-electron chi connectivity index (χ1n) is 2.37. The van der Waals surface area contributed by atoms with Gasteiger partial charge in [0.05, 0.1) is 6.61 Å². The van der Waals surface area contributed by atoms with Gasteiger partial charge in [-0.1, -0.05) is 0 Å². The Balaban J connectivity index is 2.96. The maximum Gasteiger partial charge on any atom is 0.327 e. The molecule has 9 heavy (non-hydrogen) atoms. The molecule has 54 valence electrons. The van der Waals surface area contributed by atoms with Crippen LogP contribution in [0.15, 0.2) is 0 Å². The van der Waals surface area contributed by atoms with Crippen LogP contribution in [0.1, 0.15) is 6.42 Å². The highest BCUT2D eigenvalue weighted by molar-refractivity contribution is 7.17. The standard InChI is InChI=1S/C3H9N2O3P/c4-3(8-5)1-2-7-9-6/h3H,1-2,4-5H2. The quantitative estimate of drug-likeness (QED) is 0.246. The Labute approximate surface area is 54.5 Å². The molecule has 1 atom stereocenters. The van der Waals surface area contributed by atoms with E-state index in [1.807, 2.05) is 0 Å². The number of hydrogen-bond donors (Lipinski definition) is 2. The predicted octanol–water partition coefficient (Wildman–Crippen LogP) is -0.225. The second-order valence-electron chi connectivity index (χ2n) is 1.37. The van der Waals surface area contributed by atoms with Gasteiger partial charge in [-0.3, -0.25) is 9.36 Å². The molecule has 0 aromatic rings. The first-order chi connectivity index (χ1) is 4.31. The smallest absolute Gasteiger partial charge is 0.304 e. The van der Waals surface area contributed by atoms with Crippen LogP contribution in [0, 0.1) is 0 Å². The van der Waals surface area contributed by atoms with Crippen LogP contribution in [0.5, 0.6) is 0 Å². The minimum absolute atomic E-state index is 0.281. The molecule has 0 aliphatic carbocycles. The molecule has 0 amide bonds. The van der Waals surface area contributed by atoms with Crippen LogP contribution >= 0.6 is 8.69 Å². The van der Waals surface area contributed by atoms with E-state index in [0.717, 1.165) is 0 Å². The van der Waals surface area contributed by atoms with Crippen molar-refractivity contribution in [3.8, 4) is 0 Å². The fourth-order valence-corrected chi connectivity index (χ4v) is 0.454. The number of nitrogens with two attached hydrogens (primary N) is 2. The first-order valence-corrected chi connectivity index (χ1v) is 3.10. The molecule has 0 aromatic heterocycles. The average Bonchev–Trinajstić information content (AvgIpc) is 1.89. The van der Waals surface area contributed by atoms with Crippen LogP contribution in [0.2, 0.25) is 0 Å². The van der Waals surface area contributed by atoms with Gasteiger partial charge in [0.15, 0.2) is 0 Å². The van der Waals surface area contributed by atoms with Gasteiger partial charge >= 0.3 is 8.69 Å². The third-order valence-corrected chi connectivity index (χ3v) is 1.01. The van der Waals surface area contributed by atoms with E-state index in [-0.39, 0.29) is 15.3 Å². The molecule has 0 aliphatic rings. The summed E-state index contributed by atoms with van der Waals surface area (Å²) in [4.78, 5) is 4.19. The number of rotatable bonds is 5. The van der Waals surface area contributed by atoms with Gasteiger partial charge in [0.2, 0.25) is 0 Å². The van der Waals surface area contributed by atoms with Crippen molar-refractivity contribution in [3.63, 3.8) is 0 Å². The van der Waals surface area contributed by atoms with Crippen molar-refractivity contribution < 1.29 is 13.9 Å². The summed E-state index contributed by atoms with van der Waals surface area (Å²) in [5.74, 6) is 4.69. The zero-order chi connectivity index (χ0) is 7.11. The van der Waals surface area contributed by atoms with E-state index >= 15 is 0 Å². The van der Waals surface area contributed by atoms with Gasteiger partial charge in [-0.15, -0.1) is 0 Å². The summed E-state index contributed by atoms with van der Waals surface area (Å²) in [6.45, 7) is 0.281. The minimum atomic E-state index is -0.535. The van der Waals surface area contributed by atoms with Gasteiger partial charge in [0.25, 0.3) is 0 Å². The van der Waals surface area contributed by atoms with E-state index in [1.165, 1.54) is 0 Å². The lowest BCUT2D eigenvalue weighted by Gasteiger charge is -2.04. The Kier molecular flexibility index (Phi) is 6.03. The highest BCUT2D eigenvalue weighted by atomic mass is 31.1. The Morgan fingerprint density at radius 3 is 2.78 bits per heavy atom. The predicted molar refractivity (Wildman–Crippen MR) is 31.4 cm³/mol. The molecular formula is C3H9N2O3P. The molecule has 0 heterocycles. The van der Waals surface area contributed by atoms with Crippen LogP contribution in [0.3, 0.4) is 0 Å². The first kappa shape index (κ1) is 8.94. The van der Waals surface area contributed by atoms with Crippen LogP contribution in [0.25, 0.3) is 0 Å². The van der Waals surface area contributed by atoms with Crippen LogP contribution < -0.4 is 11.6 Å². The monoisotopic (exact) mass is 152 g/mol. The van der Waals surface area contributed by atoms with Crippen LogP contribution in [-0.4, -0.2) is 12.8 Å². The van der Waals surface area contributed by atoms with Gasteiger partial charge in [-0.05, 0) is 0 Å². The van der Waals surface area contributed by atoms with Crippen molar-refractivity contribution in [1.82, 2.24) is 0 Å². The summed E-state index contributed by atoms with van der Waals surface area (Å²) in [6.07, 6.45) is -0.0992. The van der Waals surface area contributed by atoms with Crippen LogP contribution in [-0.2, 0) is 13.9 Å². The lowest BCUT2D eigenvalue weighted by molar-refractivity contribution is 0.0434. The maximum atomic E-state index is 9.64. The lowest BCUT2D eigenvalue weighted by Crippen LogP contribution is -2.27. The zero-order valence-corrected chi connectivity index (χ0v) is 5.71. The fourth-order valence-electron chi connectivity index (χ4n) is 0.274. The van der Waals surface area contributed by atoms with E-state index in [9.17, 15) is 4.57 Å². The van der Waals surface area contributed by atoms with Gasteiger partial charge in [0, 0.05) is 6.42 Å². The van der Waals surface area contributed by atoms with Gasteiger partial charge in [-0.25, -0.2) is 10.5 Å². The number of hydrogen-bond acceptors (Lipinski definition) is 5. The summed E-state index contributed by atoms with van der Waals surface area (Å²) < 4.78 is 14.0. The van der Waals surface area contributed by atoms with Gasteiger partial charge < -0.3 is 5.73 Å². The van der Waals surface area contributed by atoms with E-state index in [2.05, 4.69) is 9.36 Å². The molecule has 0 aromatic carbocycles. The van der Waals surface area contributed by atoms with E-state index < -0.39 is 6.23 Å². The fraction of sp³-hybridized carbons (Fsp3) is 1.00. The second-order valence-corrected chi connectivity index (χ2v) is 1.78. The van der Waals surface area contributed by atoms with E-state index in [0.29, 0.717) is 6.42 Å². The molecule has 1 unspecified atom stereocenters. The molecule has 5 nitrogen and oxygen atoms in total. The molecule has 0 rings (SSSR count). The third-order valence-electron chi connectivity index (χ3n) is 0.721. The Bertz CT molecular complexity index is 81.5. The summed E-state index contributed by atoms with van der Waals surface area (Å²) in [6, 6.07) is 0. The largest absolute Gasteiger partial charge is 0.327 e. The summed E-state index contributed by atoms with van der Waals surface area (Å²) in [5, 5.41) is 0. The highest BCUT2D eigenvalue weighted by Crippen LogP contribution is 1.96.